The highest BCUT2D eigenvalue weighted by atomic mass is 35.5. The van der Waals surface area contributed by atoms with Gasteiger partial charge in [0.2, 0.25) is 0 Å². The van der Waals surface area contributed by atoms with Crippen LogP contribution in [-0.4, -0.2) is 17.1 Å². The Hall–Kier alpha value is -0.670. The summed E-state index contributed by atoms with van der Waals surface area (Å²) >= 11 is 6.17. The number of methoxy groups -OCH3 is 1. The molecule has 0 N–H and O–H groups in total. The van der Waals surface area contributed by atoms with E-state index in [1.54, 1.807) is 7.11 Å². The van der Waals surface area contributed by atoms with Crippen molar-refractivity contribution in [1.82, 2.24) is 9.97 Å². The summed E-state index contributed by atoms with van der Waals surface area (Å²) in [5.41, 5.74) is 1.56. The zero-order valence-electron chi connectivity index (χ0n) is 11.3. The minimum absolute atomic E-state index is 0.415. The summed E-state index contributed by atoms with van der Waals surface area (Å²) in [4.78, 5) is 9.01. The third-order valence-electron chi connectivity index (χ3n) is 3.46. The quantitative estimate of drug-likeness (QED) is 0.754. The lowest BCUT2D eigenvalue weighted by Gasteiger charge is -2.29. The molecule has 0 fully saturated rings. The first-order valence-electron chi connectivity index (χ1n) is 6.13. The van der Waals surface area contributed by atoms with Gasteiger partial charge in [0.15, 0.2) is 5.82 Å². The van der Waals surface area contributed by atoms with E-state index < -0.39 is 5.60 Å². The van der Waals surface area contributed by atoms with Crippen LogP contribution in [0.5, 0.6) is 0 Å². The predicted octanol–water partition coefficient (Wildman–Crippen LogP) is 3.66. The molecule has 1 rings (SSSR count). The molecular formula is C13H21ClN2O. The van der Waals surface area contributed by atoms with Crippen molar-refractivity contribution in [3.8, 4) is 0 Å². The van der Waals surface area contributed by atoms with Gasteiger partial charge in [-0.15, -0.1) is 0 Å². The molecule has 1 aromatic heterocycles. The van der Waals surface area contributed by atoms with E-state index in [1.165, 1.54) is 0 Å². The molecule has 1 aromatic rings. The fourth-order valence-electron chi connectivity index (χ4n) is 2.03. The molecule has 17 heavy (non-hydrogen) atoms. The van der Waals surface area contributed by atoms with Crippen LogP contribution < -0.4 is 0 Å². The van der Waals surface area contributed by atoms with Crippen molar-refractivity contribution in [1.29, 1.82) is 0 Å². The molecule has 3 nitrogen and oxygen atoms in total. The van der Waals surface area contributed by atoms with Crippen LogP contribution in [0.1, 0.15) is 50.7 Å². The van der Waals surface area contributed by atoms with E-state index in [2.05, 4.69) is 30.7 Å². The molecule has 0 saturated carbocycles. The number of aromatic nitrogens is 2. The molecule has 0 aliphatic heterocycles. The van der Waals surface area contributed by atoms with Crippen LogP contribution in [0.25, 0.3) is 0 Å². The summed E-state index contributed by atoms with van der Waals surface area (Å²) in [6.45, 7) is 8.19. The molecule has 1 heterocycles. The van der Waals surface area contributed by atoms with Gasteiger partial charge in [0, 0.05) is 18.4 Å². The van der Waals surface area contributed by atoms with Crippen molar-refractivity contribution >= 4 is 11.6 Å². The number of halogens is 1. The molecule has 96 valence electrons. The van der Waals surface area contributed by atoms with Gasteiger partial charge in [-0.3, -0.25) is 0 Å². The third-order valence-corrected chi connectivity index (χ3v) is 3.83. The van der Waals surface area contributed by atoms with Gasteiger partial charge in [-0.2, -0.15) is 0 Å². The molecule has 0 atom stereocenters. The van der Waals surface area contributed by atoms with Crippen molar-refractivity contribution < 1.29 is 4.74 Å². The SMILES string of the molecule is CCc1nc(C(CC)(CC)OC)nc(Cl)c1C. The standard InChI is InChI=1S/C13H21ClN2O/c1-6-10-9(4)11(14)16-12(15-10)13(7-2,8-3)17-5/h6-8H2,1-5H3. The molecule has 0 amide bonds. The van der Waals surface area contributed by atoms with E-state index in [4.69, 9.17) is 16.3 Å². The van der Waals surface area contributed by atoms with Gasteiger partial charge in [0.1, 0.15) is 10.8 Å². The van der Waals surface area contributed by atoms with E-state index in [0.717, 1.165) is 30.5 Å². The van der Waals surface area contributed by atoms with E-state index in [0.29, 0.717) is 11.0 Å². The fraction of sp³-hybridized carbons (Fsp3) is 0.692. The van der Waals surface area contributed by atoms with Crippen molar-refractivity contribution in [3.05, 3.63) is 22.2 Å². The Balaban J connectivity index is 3.35. The van der Waals surface area contributed by atoms with Gasteiger partial charge in [0.25, 0.3) is 0 Å². The van der Waals surface area contributed by atoms with E-state index >= 15 is 0 Å². The highest BCUT2D eigenvalue weighted by Crippen LogP contribution is 2.31. The second kappa shape index (κ2) is 5.78. The number of hydrogen-bond acceptors (Lipinski definition) is 3. The summed E-state index contributed by atoms with van der Waals surface area (Å²) in [6, 6.07) is 0. The second-order valence-electron chi connectivity index (χ2n) is 4.17. The molecule has 0 aliphatic rings. The Labute approximate surface area is 109 Å². The molecule has 4 heteroatoms. The Morgan fingerprint density at radius 2 is 1.76 bits per heavy atom. The summed E-state index contributed by atoms with van der Waals surface area (Å²) in [5, 5.41) is 0.537. The number of nitrogens with zero attached hydrogens (tertiary/aromatic N) is 2. The lowest BCUT2D eigenvalue weighted by molar-refractivity contribution is -0.0293. The predicted molar refractivity (Wildman–Crippen MR) is 70.4 cm³/mol. The normalized spacial score (nSPS) is 11.9. The second-order valence-corrected chi connectivity index (χ2v) is 4.53. The molecular weight excluding hydrogens is 236 g/mol. The van der Waals surface area contributed by atoms with Crippen molar-refractivity contribution in [2.24, 2.45) is 0 Å². The van der Waals surface area contributed by atoms with Gasteiger partial charge in [-0.1, -0.05) is 32.4 Å². The van der Waals surface area contributed by atoms with Crippen LogP contribution >= 0.6 is 11.6 Å². The van der Waals surface area contributed by atoms with Crippen molar-refractivity contribution in [2.45, 2.75) is 52.6 Å². The van der Waals surface area contributed by atoms with Gasteiger partial charge in [-0.05, 0) is 26.2 Å². The maximum absolute atomic E-state index is 6.17. The van der Waals surface area contributed by atoms with Crippen LogP contribution in [-0.2, 0) is 16.8 Å². The topological polar surface area (TPSA) is 35.0 Å². The summed E-state index contributed by atoms with van der Waals surface area (Å²) < 4.78 is 5.63. The smallest absolute Gasteiger partial charge is 0.162 e. The molecule has 0 unspecified atom stereocenters. The average molecular weight is 257 g/mol. The largest absolute Gasteiger partial charge is 0.370 e. The maximum atomic E-state index is 6.17. The summed E-state index contributed by atoms with van der Waals surface area (Å²) in [6.07, 6.45) is 2.53. The zero-order valence-corrected chi connectivity index (χ0v) is 12.1. The summed E-state index contributed by atoms with van der Waals surface area (Å²) in [7, 11) is 1.70. The fourth-order valence-corrected chi connectivity index (χ4v) is 2.22. The van der Waals surface area contributed by atoms with E-state index in [1.807, 2.05) is 6.92 Å². The maximum Gasteiger partial charge on any atom is 0.162 e. The zero-order chi connectivity index (χ0) is 13.1. The van der Waals surface area contributed by atoms with Gasteiger partial charge in [-0.25, -0.2) is 9.97 Å². The van der Waals surface area contributed by atoms with Crippen molar-refractivity contribution in [2.75, 3.05) is 7.11 Å². The number of ether oxygens (including phenoxy) is 1. The van der Waals surface area contributed by atoms with Crippen LogP contribution in [0, 0.1) is 6.92 Å². The highest BCUT2D eigenvalue weighted by molar-refractivity contribution is 6.30. The van der Waals surface area contributed by atoms with Crippen molar-refractivity contribution in [3.63, 3.8) is 0 Å². The molecule has 0 radical (unpaired) electrons. The van der Waals surface area contributed by atoms with Crippen LogP contribution in [0.3, 0.4) is 0 Å². The van der Waals surface area contributed by atoms with Crippen LogP contribution in [0.4, 0.5) is 0 Å². The minimum Gasteiger partial charge on any atom is -0.370 e. The lowest BCUT2D eigenvalue weighted by atomic mass is 9.95. The van der Waals surface area contributed by atoms with E-state index in [-0.39, 0.29) is 0 Å². The molecule has 0 spiro atoms. The number of hydrogen-bond donors (Lipinski definition) is 0. The first-order valence-corrected chi connectivity index (χ1v) is 6.51. The average Bonchev–Trinajstić information content (AvgIpc) is 2.36. The molecule has 0 aromatic carbocycles. The summed E-state index contributed by atoms with van der Waals surface area (Å²) in [5.74, 6) is 0.706. The number of aryl methyl sites for hydroxylation is 1. The lowest BCUT2D eigenvalue weighted by Crippen LogP contribution is -2.30. The molecule has 0 bridgehead atoms. The first kappa shape index (κ1) is 14.4. The monoisotopic (exact) mass is 256 g/mol. The molecule has 0 aliphatic carbocycles. The van der Waals surface area contributed by atoms with Crippen LogP contribution in [0.15, 0.2) is 0 Å². The third kappa shape index (κ3) is 2.61. The first-order chi connectivity index (χ1) is 8.04. The Morgan fingerprint density at radius 1 is 1.18 bits per heavy atom. The van der Waals surface area contributed by atoms with Gasteiger partial charge < -0.3 is 4.74 Å². The highest BCUT2D eigenvalue weighted by Gasteiger charge is 2.32. The van der Waals surface area contributed by atoms with Gasteiger partial charge in [0.05, 0.1) is 0 Å². The Bertz CT molecular complexity index is 381. The van der Waals surface area contributed by atoms with E-state index in [9.17, 15) is 0 Å². The number of rotatable bonds is 5. The Morgan fingerprint density at radius 3 is 2.18 bits per heavy atom. The molecule has 0 saturated heterocycles. The van der Waals surface area contributed by atoms with Gasteiger partial charge >= 0.3 is 0 Å². The minimum atomic E-state index is -0.415. The van der Waals surface area contributed by atoms with Crippen LogP contribution in [0.2, 0.25) is 5.15 Å². The Kier molecular flexibility index (Phi) is 4.90.